The van der Waals surface area contributed by atoms with Gasteiger partial charge in [-0.1, -0.05) is 19.6 Å². The Labute approximate surface area is 144 Å². The summed E-state index contributed by atoms with van der Waals surface area (Å²) in [6, 6.07) is 2.29. The molecule has 9 heteroatoms. The number of rotatable bonds is 9. The fourth-order valence-corrected chi connectivity index (χ4v) is 1.92. The molecule has 9 nitrogen and oxygen atoms in total. The molecule has 1 rings (SSSR count). The van der Waals surface area contributed by atoms with Gasteiger partial charge in [0.05, 0.1) is 30.8 Å². The van der Waals surface area contributed by atoms with Crippen molar-refractivity contribution in [1.82, 2.24) is 0 Å². The molecule has 0 radical (unpaired) electrons. The van der Waals surface area contributed by atoms with Gasteiger partial charge in [0.25, 0.3) is 5.69 Å². The van der Waals surface area contributed by atoms with Crippen LogP contribution in [-0.2, 0) is 19.1 Å². The van der Waals surface area contributed by atoms with Crippen molar-refractivity contribution in [2.24, 2.45) is 0 Å². The third-order valence-electron chi connectivity index (χ3n) is 3.11. The fourth-order valence-electron chi connectivity index (χ4n) is 1.92. The van der Waals surface area contributed by atoms with Crippen LogP contribution in [0.4, 0.5) is 5.69 Å². The Morgan fingerprint density at radius 1 is 1.28 bits per heavy atom. The van der Waals surface area contributed by atoms with Gasteiger partial charge in [-0.25, -0.2) is 4.79 Å². The van der Waals surface area contributed by atoms with Gasteiger partial charge >= 0.3 is 11.9 Å². The molecular formula is C16H19NO8. The van der Waals surface area contributed by atoms with E-state index in [9.17, 15) is 19.7 Å². The second-order valence-electron chi connectivity index (χ2n) is 4.67. The number of nitrogens with zero attached hydrogens (tertiary/aromatic N) is 1. The highest BCUT2D eigenvalue weighted by atomic mass is 16.6. The van der Waals surface area contributed by atoms with Gasteiger partial charge < -0.3 is 18.9 Å². The number of carbonyl (C=O) groups excluding carboxylic acids is 2. The van der Waals surface area contributed by atoms with Gasteiger partial charge in [-0.2, -0.15) is 0 Å². The summed E-state index contributed by atoms with van der Waals surface area (Å²) in [6.45, 7) is 4.79. The van der Waals surface area contributed by atoms with Crippen molar-refractivity contribution in [3.63, 3.8) is 0 Å². The first-order chi connectivity index (χ1) is 11.9. The number of ether oxygens (including phenoxy) is 4. The molecule has 1 unspecified atom stereocenters. The fraction of sp³-hybridized carbons (Fsp3) is 0.375. The zero-order valence-corrected chi connectivity index (χ0v) is 14.1. The second kappa shape index (κ2) is 9.26. The van der Waals surface area contributed by atoms with E-state index in [2.05, 4.69) is 6.58 Å². The summed E-state index contributed by atoms with van der Waals surface area (Å²) in [6.07, 6.45) is -0.320. The summed E-state index contributed by atoms with van der Waals surface area (Å²) >= 11 is 0. The Morgan fingerprint density at radius 2 is 1.88 bits per heavy atom. The highest BCUT2D eigenvalue weighted by molar-refractivity contribution is 5.82. The van der Waals surface area contributed by atoms with E-state index in [1.807, 2.05) is 0 Å². The summed E-state index contributed by atoms with van der Waals surface area (Å²) in [5, 5.41) is 11.4. The SMILES string of the molecule is C=CCOC(=O)C(OC(=O)CC)c1cc(OC)c(OC)cc1[N+](=O)[O-]. The first kappa shape index (κ1) is 19.9. The Morgan fingerprint density at radius 3 is 2.36 bits per heavy atom. The number of hydrogen-bond donors (Lipinski definition) is 0. The maximum absolute atomic E-state index is 12.2. The van der Waals surface area contributed by atoms with Crippen molar-refractivity contribution >= 4 is 17.6 Å². The van der Waals surface area contributed by atoms with Gasteiger partial charge in [-0.3, -0.25) is 14.9 Å². The summed E-state index contributed by atoms with van der Waals surface area (Å²) in [5.41, 5.74) is -0.652. The monoisotopic (exact) mass is 353 g/mol. The quantitative estimate of drug-likeness (QED) is 0.287. The molecule has 136 valence electrons. The molecule has 0 aromatic heterocycles. The topological polar surface area (TPSA) is 114 Å². The Hall–Kier alpha value is -3.10. The van der Waals surface area contributed by atoms with Crippen LogP contribution in [0.1, 0.15) is 25.0 Å². The molecule has 0 aliphatic heterocycles. The number of methoxy groups -OCH3 is 2. The summed E-state index contributed by atoms with van der Waals surface area (Å²) in [4.78, 5) is 34.6. The van der Waals surface area contributed by atoms with Crippen LogP contribution in [0.2, 0.25) is 0 Å². The molecule has 25 heavy (non-hydrogen) atoms. The first-order valence-electron chi connectivity index (χ1n) is 7.26. The van der Waals surface area contributed by atoms with Gasteiger partial charge in [-0.05, 0) is 6.07 Å². The smallest absolute Gasteiger partial charge is 0.352 e. The molecule has 1 atom stereocenters. The predicted molar refractivity (Wildman–Crippen MR) is 86.5 cm³/mol. The van der Waals surface area contributed by atoms with Crippen LogP contribution in [0.3, 0.4) is 0 Å². The number of hydrogen-bond acceptors (Lipinski definition) is 8. The van der Waals surface area contributed by atoms with Gasteiger partial charge in [-0.15, -0.1) is 0 Å². The number of nitro groups is 1. The van der Waals surface area contributed by atoms with Crippen molar-refractivity contribution in [3.8, 4) is 11.5 Å². The van der Waals surface area contributed by atoms with E-state index in [1.54, 1.807) is 0 Å². The van der Waals surface area contributed by atoms with Crippen LogP contribution in [0.25, 0.3) is 0 Å². The molecule has 0 bridgehead atoms. The highest BCUT2D eigenvalue weighted by Crippen LogP contribution is 2.39. The number of benzene rings is 1. The molecule has 0 saturated carbocycles. The molecule has 0 aliphatic rings. The summed E-state index contributed by atoms with van der Waals surface area (Å²) in [5.74, 6) is -1.45. The van der Waals surface area contributed by atoms with E-state index < -0.39 is 28.7 Å². The third kappa shape index (κ3) is 4.93. The number of esters is 2. The molecule has 0 N–H and O–H groups in total. The lowest BCUT2D eigenvalue weighted by atomic mass is 10.1. The zero-order chi connectivity index (χ0) is 19.0. The Kier molecular flexibility index (Phi) is 7.39. The van der Waals surface area contributed by atoms with Crippen molar-refractivity contribution in [1.29, 1.82) is 0 Å². The van der Waals surface area contributed by atoms with E-state index in [0.29, 0.717) is 0 Å². The lowest BCUT2D eigenvalue weighted by Gasteiger charge is -2.18. The van der Waals surface area contributed by atoms with Gasteiger partial charge in [0.1, 0.15) is 6.61 Å². The molecule has 1 aromatic rings. The molecule has 0 saturated heterocycles. The molecule has 0 spiro atoms. The highest BCUT2D eigenvalue weighted by Gasteiger charge is 2.34. The minimum atomic E-state index is -1.62. The van der Waals surface area contributed by atoms with Gasteiger partial charge in [0.2, 0.25) is 6.10 Å². The maximum atomic E-state index is 12.2. The maximum Gasteiger partial charge on any atom is 0.352 e. The van der Waals surface area contributed by atoms with Crippen LogP contribution in [0.15, 0.2) is 24.8 Å². The summed E-state index contributed by atoms with van der Waals surface area (Å²) in [7, 11) is 2.64. The van der Waals surface area contributed by atoms with Crippen molar-refractivity contribution in [2.45, 2.75) is 19.4 Å². The average molecular weight is 353 g/mol. The van der Waals surface area contributed by atoms with Gasteiger partial charge in [0.15, 0.2) is 11.5 Å². The third-order valence-corrected chi connectivity index (χ3v) is 3.11. The molecule has 0 aliphatic carbocycles. The van der Waals surface area contributed by atoms with Crippen molar-refractivity contribution in [3.05, 3.63) is 40.5 Å². The molecule has 0 amide bonds. The van der Waals surface area contributed by atoms with Gasteiger partial charge in [0, 0.05) is 6.42 Å². The van der Waals surface area contributed by atoms with Crippen LogP contribution in [0, 0.1) is 10.1 Å². The van der Waals surface area contributed by atoms with Crippen molar-refractivity contribution < 1.29 is 33.5 Å². The molecule has 0 fully saturated rings. The number of nitro benzene ring substituents is 1. The molecule has 1 aromatic carbocycles. The standard InChI is InChI=1S/C16H19NO8/c1-5-7-24-16(19)15(25-14(18)6-2)10-8-12(22-3)13(23-4)9-11(10)17(20)21/h5,8-9,15H,1,6-7H2,2-4H3. The number of carbonyl (C=O) groups is 2. The molecular weight excluding hydrogens is 334 g/mol. The van der Waals surface area contributed by atoms with E-state index in [0.717, 1.165) is 6.07 Å². The largest absolute Gasteiger partial charge is 0.493 e. The van der Waals surface area contributed by atoms with E-state index in [-0.39, 0.29) is 30.1 Å². The summed E-state index contributed by atoms with van der Waals surface area (Å²) < 4.78 is 20.1. The van der Waals surface area contributed by atoms with Crippen LogP contribution in [0.5, 0.6) is 11.5 Å². The van der Waals surface area contributed by atoms with Crippen LogP contribution >= 0.6 is 0 Å². The predicted octanol–water partition coefficient (Wildman–Crippen LogP) is 2.34. The van der Waals surface area contributed by atoms with E-state index in [4.69, 9.17) is 18.9 Å². The zero-order valence-electron chi connectivity index (χ0n) is 14.1. The average Bonchev–Trinajstić information content (AvgIpc) is 2.62. The Bertz CT molecular complexity index is 670. The normalized spacial score (nSPS) is 11.2. The van der Waals surface area contributed by atoms with E-state index >= 15 is 0 Å². The van der Waals surface area contributed by atoms with Crippen molar-refractivity contribution in [2.75, 3.05) is 20.8 Å². The Balaban J connectivity index is 3.48. The second-order valence-corrected chi connectivity index (χ2v) is 4.67. The van der Waals surface area contributed by atoms with Crippen LogP contribution in [-0.4, -0.2) is 37.7 Å². The lowest BCUT2D eigenvalue weighted by molar-refractivity contribution is -0.386. The van der Waals surface area contributed by atoms with E-state index in [1.165, 1.54) is 33.3 Å². The first-order valence-corrected chi connectivity index (χ1v) is 7.26. The molecule has 0 heterocycles. The van der Waals surface area contributed by atoms with Crippen LogP contribution < -0.4 is 9.47 Å². The minimum absolute atomic E-state index is 0.0215. The lowest BCUT2D eigenvalue weighted by Crippen LogP contribution is -2.23. The minimum Gasteiger partial charge on any atom is -0.493 e.